The summed E-state index contributed by atoms with van der Waals surface area (Å²) in [5, 5.41) is 3.49. The molecule has 3 nitrogen and oxygen atoms in total. The number of nitrogens with zero attached hydrogens (tertiary/aromatic N) is 1. The van der Waals surface area contributed by atoms with Gasteiger partial charge in [0.15, 0.2) is 0 Å². The van der Waals surface area contributed by atoms with Crippen molar-refractivity contribution >= 4 is 17.5 Å². The van der Waals surface area contributed by atoms with Gasteiger partial charge in [0.2, 0.25) is 0 Å². The lowest BCUT2D eigenvalue weighted by Crippen LogP contribution is -2.22. The van der Waals surface area contributed by atoms with Gasteiger partial charge in [-0.25, -0.2) is 4.39 Å². The summed E-state index contributed by atoms with van der Waals surface area (Å²) in [7, 11) is 0. The van der Waals surface area contributed by atoms with Crippen molar-refractivity contribution in [3.63, 3.8) is 0 Å². The molecule has 2 aromatic carbocycles. The second kappa shape index (κ2) is 7.23. The summed E-state index contributed by atoms with van der Waals surface area (Å²) in [4.78, 5) is 16.4. The Balaban J connectivity index is 1.65. The maximum atomic E-state index is 12.9. The summed E-state index contributed by atoms with van der Waals surface area (Å²) in [6.07, 6.45) is 1.51. The summed E-state index contributed by atoms with van der Waals surface area (Å²) in [6.45, 7) is 0.412. The van der Waals surface area contributed by atoms with E-state index < -0.39 is 0 Å². The van der Waals surface area contributed by atoms with Gasteiger partial charge in [-0.05, 0) is 54.1 Å². The van der Waals surface area contributed by atoms with Crippen LogP contribution < -0.4 is 5.32 Å². The molecule has 0 atom stereocenters. The Morgan fingerprint density at radius 2 is 1.71 bits per heavy atom. The quantitative estimate of drug-likeness (QED) is 0.761. The molecule has 0 aliphatic rings. The Bertz CT molecular complexity index is 831. The third kappa shape index (κ3) is 3.97. The van der Waals surface area contributed by atoms with E-state index in [0.717, 1.165) is 11.1 Å². The number of nitrogens with one attached hydrogen (secondary N) is 1. The van der Waals surface area contributed by atoms with Gasteiger partial charge in [-0.15, -0.1) is 0 Å². The molecule has 0 aliphatic heterocycles. The maximum Gasteiger partial charge on any atom is 0.253 e. The Hall–Kier alpha value is -2.72. The first kappa shape index (κ1) is 16.1. The summed E-state index contributed by atoms with van der Waals surface area (Å²) in [6, 6.07) is 16.8. The number of amides is 1. The predicted octanol–water partition coefficient (Wildman–Crippen LogP) is 4.47. The minimum absolute atomic E-state index is 0.205. The molecule has 0 spiro atoms. The molecule has 0 unspecified atom stereocenters. The van der Waals surface area contributed by atoms with Crippen LogP contribution in [-0.4, -0.2) is 10.9 Å². The molecule has 1 aromatic heterocycles. The number of rotatable bonds is 4. The first-order valence-electron chi connectivity index (χ1n) is 7.36. The van der Waals surface area contributed by atoms with Crippen molar-refractivity contribution in [3.05, 3.63) is 88.8 Å². The molecular weight excluding hydrogens is 327 g/mol. The number of benzene rings is 2. The van der Waals surface area contributed by atoms with E-state index in [-0.39, 0.29) is 11.7 Å². The molecule has 0 saturated heterocycles. The molecule has 1 amide bonds. The number of pyridine rings is 1. The second-order valence-electron chi connectivity index (χ2n) is 5.25. The van der Waals surface area contributed by atoms with Crippen LogP contribution in [0.4, 0.5) is 4.39 Å². The fraction of sp³-hybridized carbons (Fsp3) is 0.0526. The number of hydrogen-bond donors (Lipinski definition) is 1. The largest absolute Gasteiger partial charge is 0.348 e. The van der Waals surface area contributed by atoms with Crippen LogP contribution in [0.5, 0.6) is 0 Å². The lowest BCUT2D eigenvalue weighted by molar-refractivity contribution is 0.0950. The SMILES string of the molecule is O=C(NCc1ccc(Cl)cc1)c1ccc(-c2ccc(F)cc2)nc1. The zero-order chi connectivity index (χ0) is 16.9. The van der Waals surface area contributed by atoms with Gasteiger partial charge in [-0.2, -0.15) is 0 Å². The topological polar surface area (TPSA) is 42.0 Å². The number of halogens is 2. The van der Waals surface area contributed by atoms with Gasteiger partial charge < -0.3 is 5.32 Å². The van der Waals surface area contributed by atoms with Crippen molar-refractivity contribution in [2.75, 3.05) is 0 Å². The smallest absolute Gasteiger partial charge is 0.253 e. The zero-order valence-corrected chi connectivity index (χ0v) is 13.4. The fourth-order valence-corrected chi connectivity index (χ4v) is 2.33. The number of carbonyl (C=O) groups excluding carboxylic acids is 1. The predicted molar refractivity (Wildman–Crippen MR) is 92.3 cm³/mol. The molecule has 0 radical (unpaired) electrons. The third-order valence-corrected chi connectivity index (χ3v) is 3.78. The molecule has 3 rings (SSSR count). The van der Waals surface area contributed by atoms with E-state index in [0.29, 0.717) is 22.8 Å². The van der Waals surface area contributed by atoms with Gasteiger partial charge >= 0.3 is 0 Å². The van der Waals surface area contributed by atoms with Crippen molar-refractivity contribution in [3.8, 4) is 11.3 Å². The molecule has 1 heterocycles. The van der Waals surface area contributed by atoms with Gasteiger partial charge in [-0.1, -0.05) is 23.7 Å². The molecular formula is C19H14ClFN2O. The van der Waals surface area contributed by atoms with Crippen LogP contribution in [0, 0.1) is 5.82 Å². The van der Waals surface area contributed by atoms with Crippen molar-refractivity contribution in [1.82, 2.24) is 10.3 Å². The summed E-state index contributed by atoms with van der Waals surface area (Å²) in [5.74, 6) is -0.500. The average molecular weight is 341 g/mol. The average Bonchev–Trinajstić information content (AvgIpc) is 2.62. The molecule has 0 fully saturated rings. The molecule has 0 saturated carbocycles. The van der Waals surface area contributed by atoms with Crippen molar-refractivity contribution < 1.29 is 9.18 Å². The molecule has 24 heavy (non-hydrogen) atoms. The van der Waals surface area contributed by atoms with Crippen LogP contribution >= 0.6 is 11.6 Å². The minimum Gasteiger partial charge on any atom is -0.348 e. The van der Waals surface area contributed by atoms with Gasteiger partial charge in [-0.3, -0.25) is 9.78 Å². The first-order chi connectivity index (χ1) is 11.6. The van der Waals surface area contributed by atoms with Crippen LogP contribution in [0.2, 0.25) is 5.02 Å². The molecule has 120 valence electrons. The summed E-state index contributed by atoms with van der Waals surface area (Å²) < 4.78 is 12.9. The summed E-state index contributed by atoms with van der Waals surface area (Å²) in [5.41, 5.74) is 2.91. The fourth-order valence-electron chi connectivity index (χ4n) is 2.21. The maximum absolute atomic E-state index is 12.9. The Kier molecular flexibility index (Phi) is 4.87. The number of hydrogen-bond acceptors (Lipinski definition) is 2. The van der Waals surface area contributed by atoms with Crippen molar-refractivity contribution in [2.45, 2.75) is 6.54 Å². The highest BCUT2D eigenvalue weighted by Crippen LogP contribution is 2.17. The normalized spacial score (nSPS) is 10.4. The van der Waals surface area contributed by atoms with Gasteiger partial charge in [0.05, 0.1) is 11.3 Å². The number of carbonyl (C=O) groups is 1. The van der Waals surface area contributed by atoms with Crippen LogP contribution in [-0.2, 0) is 6.54 Å². The van der Waals surface area contributed by atoms with Crippen molar-refractivity contribution in [1.29, 1.82) is 0 Å². The van der Waals surface area contributed by atoms with Crippen LogP contribution in [0.25, 0.3) is 11.3 Å². The van der Waals surface area contributed by atoms with Crippen LogP contribution in [0.3, 0.4) is 0 Å². The van der Waals surface area contributed by atoms with E-state index in [2.05, 4.69) is 10.3 Å². The molecule has 3 aromatic rings. The molecule has 1 N–H and O–H groups in total. The van der Waals surface area contributed by atoms with E-state index in [1.165, 1.54) is 18.3 Å². The molecule has 0 bridgehead atoms. The minimum atomic E-state index is -0.294. The second-order valence-corrected chi connectivity index (χ2v) is 5.68. The third-order valence-electron chi connectivity index (χ3n) is 3.53. The van der Waals surface area contributed by atoms with E-state index in [4.69, 9.17) is 11.6 Å². The molecule has 0 aliphatic carbocycles. The first-order valence-corrected chi connectivity index (χ1v) is 7.74. The Labute approximate surface area is 144 Å². The monoisotopic (exact) mass is 340 g/mol. The van der Waals surface area contributed by atoms with Gasteiger partial charge in [0.1, 0.15) is 5.82 Å². The zero-order valence-electron chi connectivity index (χ0n) is 12.7. The Morgan fingerprint density at radius 3 is 2.33 bits per heavy atom. The van der Waals surface area contributed by atoms with Gasteiger partial charge in [0, 0.05) is 23.3 Å². The lowest BCUT2D eigenvalue weighted by atomic mass is 10.1. The van der Waals surface area contributed by atoms with E-state index in [1.807, 2.05) is 12.1 Å². The summed E-state index contributed by atoms with van der Waals surface area (Å²) >= 11 is 5.83. The highest BCUT2D eigenvalue weighted by Gasteiger charge is 2.07. The van der Waals surface area contributed by atoms with Crippen LogP contribution in [0.1, 0.15) is 15.9 Å². The highest BCUT2D eigenvalue weighted by atomic mass is 35.5. The Morgan fingerprint density at radius 1 is 1.00 bits per heavy atom. The van der Waals surface area contributed by atoms with E-state index in [1.54, 1.807) is 36.4 Å². The van der Waals surface area contributed by atoms with Crippen molar-refractivity contribution in [2.24, 2.45) is 0 Å². The van der Waals surface area contributed by atoms with Crippen LogP contribution in [0.15, 0.2) is 66.9 Å². The highest BCUT2D eigenvalue weighted by molar-refractivity contribution is 6.30. The van der Waals surface area contributed by atoms with Gasteiger partial charge in [0.25, 0.3) is 5.91 Å². The molecule has 5 heteroatoms. The van der Waals surface area contributed by atoms with E-state index in [9.17, 15) is 9.18 Å². The van der Waals surface area contributed by atoms with E-state index >= 15 is 0 Å². The number of aromatic nitrogens is 1. The standard InChI is InChI=1S/C19H14ClFN2O/c20-16-6-1-13(2-7-16)11-23-19(24)15-5-10-18(22-12-15)14-3-8-17(21)9-4-14/h1-10,12H,11H2,(H,23,24). The lowest BCUT2D eigenvalue weighted by Gasteiger charge is -2.06.